The molecule has 0 fully saturated rings. The third kappa shape index (κ3) is 8.05. The van der Waals surface area contributed by atoms with Crippen molar-refractivity contribution in [3.05, 3.63) is 0 Å². The summed E-state index contributed by atoms with van der Waals surface area (Å²) >= 11 is 6.30. The number of hydrogen-bond acceptors (Lipinski definition) is 2. The van der Waals surface area contributed by atoms with E-state index in [9.17, 15) is 4.79 Å². The van der Waals surface area contributed by atoms with E-state index in [1.165, 1.54) is 0 Å². The highest BCUT2D eigenvalue weighted by Gasteiger charge is 2.27. The molecule has 0 aliphatic heterocycles. The van der Waals surface area contributed by atoms with Crippen LogP contribution in [0.15, 0.2) is 0 Å². The molecule has 1 unspecified atom stereocenters. The molecule has 0 spiro atoms. The third-order valence-electron chi connectivity index (χ3n) is 2.37. The van der Waals surface area contributed by atoms with Crippen LogP contribution in [0, 0.1) is 0 Å². The third-order valence-corrected chi connectivity index (χ3v) is 6.96. The van der Waals surface area contributed by atoms with Crippen LogP contribution < -0.4 is 0 Å². The molecule has 0 heterocycles. The van der Waals surface area contributed by atoms with Crippen LogP contribution in [0.25, 0.3) is 0 Å². The van der Waals surface area contributed by atoms with E-state index >= 15 is 0 Å². The van der Waals surface area contributed by atoms with Crippen molar-refractivity contribution in [3.63, 3.8) is 0 Å². The van der Waals surface area contributed by atoms with Gasteiger partial charge in [0.25, 0.3) is 5.97 Å². The zero-order valence-electron chi connectivity index (χ0n) is 10.7. The van der Waals surface area contributed by atoms with Crippen molar-refractivity contribution in [2.45, 2.75) is 58.0 Å². The van der Waals surface area contributed by atoms with Crippen molar-refractivity contribution in [1.82, 2.24) is 0 Å². The molecule has 0 saturated heterocycles. The molecule has 15 heavy (non-hydrogen) atoms. The van der Waals surface area contributed by atoms with Gasteiger partial charge in [-0.15, -0.1) is 0 Å². The highest BCUT2D eigenvalue weighted by molar-refractivity contribution is 7.19. The Balaban J connectivity index is 3.92. The predicted octanol–water partition coefficient (Wildman–Crippen LogP) is 3.98. The summed E-state index contributed by atoms with van der Waals surface area (Å²) in [7, 11) is -3.32. The topological polar surface area (TPSA) is 26.3 Å². The molecule has 2 nitrogen and oxygen atoms in total. The SMILES string of the molecule is CC(CCC(=O)O[Si](C)(C)C)[Si](C)(C)Cl. The standard InChI is InChI=1S/C10H23ClO2Si2/c1-9(15(5,6)11)7-8-10(12)13-14(2,3)4/h9H,7-8H2,1-6H3. The molecule has 0 aromatic heterocycles. The lowest BCUT2D eigenvalue weighted by Gasteiger charge is -2.23. The fraction of sp³-hybridized carbons (Fsp3) is 0.900. The van der Waals surface area contributed by atoms with E-state index in [0.717, 1.165) is 6.42 Å². The summed E-state index contributed by atoms with van der Waals surface area (Å²) in [6.07, 6.45) is 1.36. The lowest BCUT2D eigenvalue weighted by molar-refractivity contribution is -0.135. The average Bonchev–Trinajstić information content (AvgIpc) is 1.94. The maximum Gasteiger partial charge on any atom is 0.292 e. The highest BCUT2D eigenvalue weighted by Crippen LogP contribution is 2.29. The molecule has 0 aliphatic carbocycles. The van der Waals surface area contributed by atoms with E-state index in [2.05, 4.69) is 20.0 Å². The van der Waals surface area contributed by atoms with Crippen LogP contribution in [-0.4, -0.2) is 21.7 Å². The minimum Gasteiger partial charge on any atom is -0.520 e. The normalized spacial score (nSPS) is 14.9. The molecular weight excluding hydrogens is 244 g/mol. The quantitative estimate of drug-likeness (QED) is 0.556. The fourth-order valence-electron chi connectivity index (χ4n) is 1.07. The van der Waals surface area contributed by atoms with Gasteiger partial charge >= 0.3 is 0 Å². The first-order valence-electron chi connectivity index (χ1n) is 5.43. The first-order chi connectivity index (χ1) is 6.52. The molecule has 0 saturated carbocycles. The number of carbonyl (C=O) groups excluding carboxylic acids is 1. The van der Waals surface area contributed by atoms with E-state index in [1.54, 1.807) is 0 Å². The van der Waals surface area contributed by atoms with E-state index in [0.29, 0.717) is 12.0 Å². The summed E-state index contributed by atoms with van der Waals surface area (Å²) in [5.74, 6) is -0.0593. The van der Waals surface area contributed by atoms with Crippen molar-refractivity contribution >= 4 is 32.7 Å². The van der Waals surface area contributed by atoms with E-state index in [-0.39, 0.29) is 5.97 Å². The van der Waals surface area contributed by atoms with Gasteiger partial charge in [0.05, 0.1) is 0 Å². The summed E-state index contributed by atoms with van der Waals surface area (Å²) in [6, 6.07) is 0. The van der Waals surface area contributed by atoms with Gasteiger partial charge in [0, 0.05) is 6.42 Å². The summed E-state index contributed by atoms with van der Waals surface area (Å²) in [4.78, 5) is 11.5. The zero-order chi connectivity index (χ0) is 12.3. The van der Waals surface area contributed by atoms with Crippen molar-refractivity contribution < 1.29 is 9.22 Å². The molecule has 5 heteroatoms. The molecular formula is C10H23ClO2Si2. The van der Waals surface area contributed by atoms with Crippen molar-refractivity contribution in [3.8, 4) is 0 Å². The van der Waals surface area contributed by atoms with Crippen LogP contribution in [-0.2, 0) is 9.22 Å². The fourth-order valence-corrected chi connectivity index (χ4v) is 3.01. The maximum absolute atomic E-state index is 11.5. The first kappa shape index (κ1) is 15.2. The lowest BCUT2D eigenvalue weighted by Crippen LogP contribution is -2.30. The van der Waals surface area contributed by atoms with Gasteiger partial charge in [0.2, 0.25) is 8.32 Å². The van der Waals surface area contributed by atoms with Crippen LogP contribution in [0.2, 0.25) is 38.3 Å². The van der Waals surface area contributed by atoms with Crippen LogP contribution in [0.5, 0.6) is 0 Å². The second kappa shape index (κ2) is 5.50. The molecule has 1 atom stereocenters. The van der Waals surface area contributed by atoms with Crippen molar-refractivity contribution in [2.75, 3.05) is 0 Å². The molecule has 0 radical (unpaired) electrons. The van der Waals surface area contributed by atoms with Gasteiger partial charge in [0.1, 0.15) is 0 Å². The van der Waals surface area contributed by atoms with Gasteiger partial charge in [-0.25, -0.2) is 0 Å². The Bertz CT molecular complexity index is 218. The molecule has 0 aromatic carbocycles. The maximum atomic E-state index is 11.5. The van der Waals surface area contributed by atoms with Crippen molar-refractivity contribution in [1.29, 1.82) is 0 Å². The van der Waals surface area contributed by atoms with Gasteiger partial charge in [0.15, 0.2) is 7.38 Å². The number of hydrogen-bond donors (Lipinski definition) is 0. The molecule has 0 amide bonds. The summed E-state index contributed by atoms with van der Waals surface area (Å²) in [5, 5.41) is 0. The second-order valence-corrected chi connectivity index (χ2v) is 17.1. The minimum absolute atomic E-state index is 0.0593. The van der Waals surface area contributed by atoms with Gasteiger partial charge in [-0.05, 0) is 31.6 Å². The number of rotatable bonds is 5. The Morgan fingerprint density at radius 3 is 2.07 bits per heavy atom. The average molecular weight is 267 g/mol. The number of carbonyl (C=O) groups is 1. The molecule has 0 bridgehead atoms. The predicted molar refractivity (Wildman–Crippen MR) is 71.4 cm³/mol. The van der Waals surface area contributed by atoms with Gasteiger partial charge in [-0.2, -0.15) is 11.1 Å². The Morgan fingerprint density at radius 2 is 1.73 bits per heavy atom. The van der Waals surface area contributed by atoms with Crippen LogP contribution in [0.3, 0.4) is 0 Å². The van der Waals surface area contributed by atoms with E-state index < -0.39 is 15.7 Å². The van der Waals surface area contributed by atoms with Gasteiger partial charge < -0.3 is 4.43 Å². The molecule has 90 valence electrons. The second-order valence-electron chi connectivity index (χ2n) is 5.59. The lowest BCUT2D eigenvalue weighted by atomic mass is 10.2. The number of halogens is 1. The summed E-state index contributed by atoms with van der Waals surface area (Å²) in [6.45, 7) is 12.4. The Kier molecular flexibility index (Phi) is 5.57. The Morgan fingerprint density at radius 1 is 1.27 bits per heavy atom. The minimum atomic E-state index is -1.71. The van der Waals surface area contributed by atoms with Crippen LogP contribution in [0.1, 0.15) is 19.8 Å². The zero-order valence-corrected chi connectivity index (χ0v) is 13.4. The molecule has 0 aliphatic rings. The summed E-state index contributed by atoms with van der Waals surface area (Å²) < 4.78 is 5.37. The van der Waals surface area contributed by atoms with E-state index in [4.69, 9.17) is 15.5 Å². The molecule has 0 N–H and O–H groups in total. The Labute approximate surface area is 100 Å². The van der Waals surface area contributed by atoms with E-state index in [1.807, 2.05) is 19.6 Å². The molecule has 0 rings (SSSR count). The smallest absolute Gasteiger partial charge is 0.292 e. The largest absolute Gasteiger partial charge is 0.520 e. The Hall–Kier alpha value is 0.194. The summed E-state index contributed by atoms with van der Waals surface area (Å²) in [5.41, 5.74) is 0.452. The van der Waals surface area contributed by atoms with Gasteiger partial charge in [-0.1, -0.05) is 20.0 Å². The van der Waals surface area contributed by atoms with Gasteiger partial charge in [-0.3, -0.25) is 4.79 Å². The first-order valence-corrected chi connectivity index (χ1v) is 12.9. The van der Waals surface area contributed by atoms with Crippen LogP contribution in [0.4, 0.5) is 0 Å². The monoisotopic (exact) mass is 266 g/mol. The van der Waals surface area contributed by atoms with Crippen LogP contribution >= 0.6 is 11.1 Å². The molecule has 0 aromatic rings. The van der Waals surface area contributed by atoms with Crippen molar-refractivity contribution in [2.24, 2.45) is 0 Å². The highest BCUT2D eigenvalue weighted by atomic mass is 35.6.